The van der Waals surface area contributed by atoms with E-state index in [4.69, 9.17) is 4.74 Å². The Morgan fingerprint density at radius 2 is 2.47 bits per heavy atom. The van der Waals surface area contributed by atoms with Crippen molar-refractivity contribution in [3.63, 3.8) is 0 Å². The van der Waals surface area contributed by atoms with Gasteiger partial charge in [0.1, 0.15) is 0 Å². The number of nitrogens with one attached hydrogen (secondary N) is 1. The molecular weight excluding hydrogens is 212 g/mol. The fraction of sp³-hybridized carbons (Fsp3) is 0.700. The Labute approximate surface area is 94.3 Å². The number of hydrogen-bond acceptors (Lipinski definition) is 5. The largest absolute Gasteiger partial charge is 0.389 e. The lowest BCUT2D eigenvalue weighted by atomic mass is 10.3. The molecule has 0 radical (unpaired) electrons. The van der Waals surface area contributed by atoms with E-state index >= 15 is 0 Å². The number of ether oxygens (including phenoxy) is 1. The zero-order valence-corrected chi connectivity index (χ0v) is 10.0. The molecular formula is C10H18N2O2S. The molecule has 1 heterocycles. The molecule has 4 nitrogen and oxygen atoms in total. The van der Waals surface area contributed by atoms with E-state index in [-0.39, 0.29) is 0 Å². The first-order valence-electron chi connectivity index (χ1n) is 5.00. The van der Waals surface area contributed by atoms with Crippen molar-refractivity contribution in [2.45, 2.75) is 19.4 Å². The van der Waals surface area contributed by atoms with Crippen molar-refractivity contribution in [3.8, 4) is 0 Å². The molecule has 86 valence electrons. The monoisotopic (exact) mass is 230 g/mol. The average molecular weight is 230 g/mol. The van der Waals surface area contributed by atoms with Gasteiger partial charge in [0, 0.05) is 25.1 Å². The summed E-state index contributed by atoms with van der Waals surface area (Å²) in [4.78, 5) is 5.49. The fourth-order valence-corrected chi connectivity index (χ4v) is 2.07. The van der Waals surface area contributed by atoms with E-state index in [9.17, 15) is 5.11 Å². The summed E-state index contributed by atoms with van der Waals surface area (Å²) in [6.07, 6.45) is 0.550. The number of aromatic nitrogens is 1. The molecule has 1 rings (SSSR count). The van der Waals surface area contributed by atoms with E-state index < -0.39 is 6.10 Å². The van der Waals surface area contributed by atoms with Gasteiger partial charge in [-0.15, -0.1) is 11.3 Å². The third kappa shape index (κ3) is 4.70. The molecule has 0 aromatic carbocycles. The highest BCUT2D eigenvalue weighted by Gasteiger charge is 2.03. The van der Waals surface area contributed by atoms with Crippen LogP contribution in [0.3, 0.4) is 0 Å². The van der Waals surface area contributed by atoms with Crippen LogP contribution in [0.4, 0.5) is 0 Å². The third-order valence-corrected chi connectivity index (χ3v) is 3.11. The van der Waals surface area contributed by atoms with E-state index in [1.54, 1.807) is 18.4 Å². The lowest BCUT2D eigenvalue weighted by molar-refractivity contribution is 0.0648. The molecule has 0 saturated carbocycles. The lowest BCUT2D eigenvalue weighted by Gasteiger charge is -2.10. The molecule has 0 bridgehead atoms. The standard InChI is InChI=1S/C10H18N2O2S/c1-8-10(15-7-12-8)3-4-11-5-9(13)6-14-2/h7,9,11,13H,3-6H2,1-2H3. The van der Waals surface area contributed by atoms with Gasteiger partial charge in [0.05, 0.1) is 23.9 Å². The van der Waals surface area contributed by atoms with Crippen LogP contribution in [-0.2, 0) is 11.2 Å². The van der Waals surface area contributed by atoms with Crippen molar-refractivity contribution in [1.29, 1.82) is 0 Å². The van der Waals surface area contributed by atoms with E-state index in [2.05, 4.69) is 10.3 Å². The smallest absolute Gasteiger partial charge is 0.0897 e. The van der Waals surface area contributed by atoms with Crippen molar-refractivity contribution in [3.05, 3.63) is 16.1 Å². The zero-order valence-electron chi connectivity index (χ0n) is 9.19. The maximum atomic E-state index is 9.36. The highest BCUT2D eigenvalue weighted by atomic mass is 32.1. The summed E-state index contributed by atoms with van der Waals surface area (Å²) in [6.45, 7) is 3.84. The van der Waals surface area contributed by atoms with Crippen LogP contribution in [0.5, 0.6) is 0 Å². The summed E-state index contributed by atoms with van der Waals surface area (Å²) in [5.74, 6) is 0. The number of nitrogens with zero attached hydrogens (tertiary/aromatic N) is 1. The van der Waals surface area contributed by atoms with Crippen LogP contribution in [0.15, 0.2) is 5.51 Å². The first kappa shape index (κ1) is 12.6. The summed E-state index contributed by atoms with van der Waals surface area (Å²) in [7, 11) is 1.59. The summed E-state index contributed by atoms with van der Waals surface area (Å²) in [6, 6.07) is 0. The number of rotatable bonds is 7. The molecule has 1 atom stereocenters. The normalized spacial score (nSPS) is 13.0. The van der Waals surface area contributed by atoms with Crippen LogP contribution in [0.2, 0.25) is 0 Å². The van der Waals surface area contributed by atoms with Crippen LogP contribution >= 0.6 is 11.3 Å². The predicted octanol–water partition coefficient (Wildman–Crippen LogP) is 0.591. The Bertz CT molecular complexity index is 278. The van der Waals surface area contributed by atoms with Crippen molar-refractivity contribution in [2.24, 2.45) is 0 Å². The molecule has 15 heavy (non-hydrogen) atoms. The molecule has 0 amide bonds. The van der Waals surface area contributed by atoms with Gasteiger partial charge in [0.25, 0.3) is 0 Å². The Morgan fingerprint density at radius 1 is 1.67 bits per heavy atom. The third-order valence-electron chi connectivity index (χ3n) is 2.11. The Morgan fingerprint density at radius 3 is 3.07 bits per heavy atom. The number of aryl methyl sites for hydroxylation is 1. The van der Waals surface area contributed by atoms with Crippen LogP contribution in [0.25, 0.3) is 0 Å². The first-order chi connectivity index (χ1) is 7.24. The molecule has 0 aliphatic rings. The lowest BCUT2D eigenvalue weighted by Crippen LogP contribution is -2.31. The second-order valence-electron chi connectivity index (χ2n) is 3.42. The second-order valence-corrected chi connectivity index (χ2v) is 4.36. The summed E-state index contributed by atoms with van der Waals surface area (Å²) in [5.41, 5.74) is 2.98. The number of thiazole rings is 1. The first-order valence-corrected chi connectivity index (χ1v) is 5.88. The molecule has 0 saturated heterocycles. The van der Waals surface area contributed by atoms with E-state index in [0.29, 0.717) is 13.2 Å². The zero-order chi connectivity index (χ0) is 11.1. The van der Waals surface area contributed by atoms with Gasteiger partial charge in [-0.1, -0.05) is 0 Å². The maximum absolute atomic E-state index is 9.36. The minimum atomic E-state index is -0.419. The number of aliphatic hydroxyl groups excluding tert-OH is 1. The number of aliphatic hydroxyl groups is 1. The second kappa shape index (κ2) is 6.90. The summed E-state index contributed by atoms with van der Waals surface area (Å²) < 4.78 is 4.83. The number of methoxy groups -OCH3 is 1. The molecule has 1 aromatic heterocycles. The predicted molar refractivity (Wildman–Crippen MR) is 61.3 cm³/mol. The Balaban J connectivity index is 2.09. The van der Waals surface area contributed by atoms with Gasteiger partial charge in [-0.05, 0) is 13.3 Å². The summed E-state index contributed by atoms with van der Waals surface area (Å²) in [5, 5.41) is 12.5. The molecule has 2 N–H and O–H groups in total. The van der Waals surface area contributed by atoms with Crippen LogP contribution < -0.4 is 5.32 Å². The van der Waals surface area contributed by atoms with Gasteiger partial charge >= 0.3 is 0 Å². The molecule has 0 fully saturated rings. The van der Waals surface area contributed by atoms with Crippen LogP contribution in [0.1, 0.15) is 10.6 Å². The van der Waals surface area contributed by atoms with E-state index in [1.807, 2.05) is 12.4 Å². The minimum Gasteiger partial charge on any atom is -0.389 e. The fourth-order valence-electron chi connectivity index (χ4n) is 1.29. The maximum Gasteiger partial charge on any atom is 0.0897 e. The Hall–Kier alpha value is -0.490. The highest BCUT2D eigenvalue weighted by Crippen LogP contribution is 2.11. The molecule has 0 aliphatic carbocycles. The van der Waals surface area contributed by atoms with Gasteiger partial charge in [-0.25, -0.2) is 4.98 Å². The summed E-state index contributed by atoms with van der Waals surface area (Å²) >= 11 is 1.68. The quantitative estimate of drug-likeness (QED) is 0.673. The number of hydrogen-bond donors (Lipinski definition) is 2. The molecule has 1 aromatic rings. The van der Waals surface area contributed by atoms with Crippen molar-refractivity contribution in [2.75, 3.05) is 26.8 Å². The molecule has 1 unspecified atom stereocenters. The topological polar surface area (TPSA) is 54.4 Å². The molecule has 0 spiro atoms. The highest BCUT2D eigenvalue weighted by molar-refractivity contribution is 7.09. The minimum absolute atomic E-state index is 0.382. The molecule has 5 heteroatoms. The van der Waals surface area contributed by atoms with Crippen LogP contribution in [-0.4, -0.2) is 43.0 Å². The van der Waals surface area contributed by atoms with Gasteiger partial charge in [-0.3, -0.25) is 0 Å². The Kier molecular flexibility index (Phi) is 5.78. The van der Waals surface area contributed by atoms with Crippen molar-refractivity contribution >= 4 is 11.3 Å². The van der Waals surface area contributed by atoms with Gasteiger partial charge in [0.2, 0.25) is 0 Å². The molecule has 0 aliphatic heterocycles. The van der Waals surface area contributed by atoms with Gasteiger partial charge < -0.3 is 15.2 Å². The van der Waals surface area contributed by atoms with Crippen LogP contribution in [0, 0.1) is 6.92 Å². The van der Waals surface area contributed by atoms with E-state index in [1.165, 1.54) is 4.88 Å². The van der Waals surface area contributed by atoms with Crippen molar-refractivity contribution < 1.29 is 9.84 Å². The average Bonchev–Trinajstić information content (AvgIpc) is 2.60. The van der Waals surface area contributed by atoms with Gasteiger partial charge in [0.15, 0.2) is 0 Å². The SMILES string of the molecule is COCC(O)CNCCc1scnc1C. The van der Waals surface area contributed by atoms with Crippen molar-refractivity contribution in [1.82, 2.24) is 10.3 Å². The van der Waals surface area contributed by atoms with E-state index in [0.717, 1.165) is 18.7 Å². The van der Waals surface area contributed by atoms with Gasteiger partial charge in [-0.2, -0.15) is 0 Å².